The minimum atomic E-state index is -0.475. The zero-order valence-corrected chi connectivity index (χ0v) is 11.5. The maximum Gasteiger partial charge on any atom is 0.332 e. The lowest BCUT2D eigenvalue weighted by Gasteiger charge is -2.34. The molecule has 1 heterocycles. The third-order valence-corrected chi connectivity index (χ3v) is 3.39. The second-order valence-corrected chi connectivity index (χ2v) is 5.29. The van der Waals surface area contributed by atoms with E-state index in [2.05, 4.69) is 26.2 Å². The molecule has 1 N–H and O–H groups in total. The summed E-state index contributed by atoms with van der Waals surface area (Å²) in [7, 11) is 1.91. The molecule has 1 saturated carbocycles. The van der Waals surface area contributed by atoms with Crippen LogP contribution in [0.5, 0.6) is 5.88 Å². The highest BCUT2D eigenvalue weighted by Gasteiger charge is 2.32. The van der Waals surface area contributed by atoms with Gasteiger partial charge in [-0.3, -0.25) is 10.1 Å². The average Bonchev–Trinajstić information content (AvgIpc) is 2.28. The Kier molecular flexibility index (Phi) is 4.13. The predicted octanol–water partition coefficient (Wildman–Crippen LogP) is 2.13. The monoisotopic (exact) mass is 315 g/mol. The zero-order chi connectivity index (χ0) is 13.1. The van der Waals surface area contributed by atoms with Crippen LogP contribution in [0.3, 0.4) is 0 Å². The topological polar surface area (TPSA) is 77.3 Å². The van der Waals surface area contributed by atoms with Crippen LogP contribution in [0.4, 0.5) is 5.69 Å². The van der Waals surface area contributed by atoms with Crippen LogP contribution in [0.15, 0.2) is 16.7 Å². The van der Waals surface area contributed by atoms with Gasteiger partial charge in [0.05, 0.1) is 4.92 Å². The maximum atomic E-state index is 10.9. The second kappa shape index (κ2) is 5.62. The summed E-state index contributed by atoms with van der Waals surface area (Å²) < 4.78 is 6.15. The fourth-order valence-corrected chi connectivity index (χ4v) is 2.34. The molecule has 0 amide bonds. The minimum Gasteiger partial charge on any atom is -0.469 e. The SMILES string of the molecule is CNCC1CC(Oc2ncc(Br)cc2[N+](=O)[O-])C1. The molecule has 18 heavy (non-hydrogen) atoms. The highest BCUT2D eigenvalue weighted by atomic mass is 79.9. The second-order valence-electron chi connectivity index (χ2n) is 4.37. The summed E-state index contributed by atoms with van der Waals surface area (Å²) in [5.74, 6) is 0.700. The number of pyridine rings is 1. The smallest absolute Gasteiger partial charge is 0.332 e. The number of nitrogens with one attached hydrogen (secondary N) is 1. The predicted molar refractivity (Wildman–Crippen MR) is 69.7 cm³/mol. The van der Waals surface area contributed by atoms with Crippen LogP contribution in [-0.2, 0) is 0 Å². The standard InChI is InChI=1S/C11H14BrN3O3/c1-13-5-7-2-9(3-7)18-11-10(15(16)17)4-8(12)6-14-11/h4,6-7,9,13H,2-3,5H2,1H3. The number of aromatic nitrogens is 1. The van der Waals surface area contributed by atoms with Crippen molar-refractivity contribution in [1.82, 2.24) is 10.3 Å². The number of halogens is 1. The molecule has 1 aromatic heterocycles. The van der Waals surface area contributed by atoms with E-state index in [0.29, 0.717) is 10.4 Å². The molecule has 7 heteroatoms. The number of nitro groups is 1. The highest BCUT2D eigenvalue weighted by molar-refractivity contribution is 9.10. The minimum absolute atomic E-state index is 0.0377. The van der Waals surface area contributed by atoms with Crippen LogP contribution in [0.2, 0.25) is 0 Å². The molecule has 6 nitrogen and oxygen atoms in total. The van der Waals surface area contributed by atoms with Crippen molar-refractivity contribution in [2.75, 3.05) is 13.6 Å². The Labute approximate surface area is 113 Å². The van der Waals surface area contributed by atoms with Crippen molar-refractivity contribution in [2.45, 2.75) is 18.9 Å². The van der Waals surface area contributed by atoms with E-state index < -0.39 is 4.92 Å². The van der Waals surface area contributed by atoms with Gasteiger partial charge in [0.1, 0.15) is 6.10 Å². The Morgan fingerprint density at radius 2 is 2.39 bits per heavy atom. The van der Waals surface area contributed by atoms with Gasteiger partial charge in [0.25, 0.3) is 5.88 Å². The van der Waals surface area contributed by atoms with E-state index in [-0.39, 0.29) is 17.7 Å². The Morgan fingerprint density at radius 1 is 1.67 bits per heavy atom. The van der Waals surface area contributed by atoms with Crippen molar-refractivity contribution < 1.29 is 9.66 Å². The lowest BCUT2D eigenvalue weighted by molar-refractivity contribution is -0.386. The van der Waals surface area contributed by atoms with Gasteiger partial charge >= 0.3 is 5.69 Å². The van der Waals surface area contributed by atoms with E-state index in [4.69, 9.17) is 4.74 Å². The fraction of sp³-hybridized carbons (Fsp3) is 0.545. The summed E-state index contributed by atoms with van der Waals surface area (Å²) in [6.45, 7) is 0.954. The fourth-order valence-electron chi connectivity index (χ4n) is 2.02. The number of nitrogens with zero attached hydrogens (tertiary/aromatic N) is 2. The Morgan fingerprint density at radius 3 is 3.00 bits per heavy atom. The molecular weight excluding hydrogens is 302 g/mol. The maximum absolute atomic E-state index is 10.9. The van der Waals surface area contributed by atoms with Crippen molar-refractivity contribution in [3.63, 3.8) is 0 Å². The van der Waals surface area contributed by atoms with E-state index in [1.165, 1.54) is 12.3 Å². The van der Waals surface area contributed by atoms with Crippen LogP contribution in [0, 0.1) is 16.0 Å². The Hall–Kier alpha value is -1.21. The molecule has 1 aromatic rings. The van der Waals surface area contributed by atoms with Gasteiger partial charge in [-0.2, -0.15) is 0 Å². The summed E-state index contributed by atoms with van der Waals surface area (Å²) in [4.78, 5) is 14.4. The van der Waals surface area contributed by atoms with Gasteiger partial charge in [0.2, 0.25) is 0 Å². The van der Waals surface area contributed by atoms with Gasteiger partial charge < -0.3 is 10.1 Å². The largest absolute Gasteiger partial charge is 0.469 e. The molecule has 0 bridgehead atoms. The third-order valence-electron chi connectivity index (χ3n) is 2.96. The number of ether oxygens (including phenoxy) is 1. The third kappa shape index (κ3) is 2.97. The summed E-state index contributed by atoms with van der Waals surface area (Å²) >= 11 is 3.16. The molecule has 0 saturated heterocycles. The van der Waals surface area contributed by atoms with Crippen molar-refractivity contribution in [2.24, 2.45) is 5.92 Å². The number of hydrogen-bond donors (Lipinski definition) is 1. The zero-order valence-electron chi connectivity index (χ0n) is 9.93. The molecule has 0 spiro atoms. The molecule has 0 aliphatic heterocycles. The average molecular weight is 316 g/mol. The van der Waals surface area contributed by atoms with Crippen molar-refractivity contribution >= 4 is 21.6 Å². The lowest BCUT2D eigenvalue weighted by Crippen LogP contribution is -2.38. The first-order valence-corrected chi connectivity index (χ1v) is 6.50. The molecule has 1 aliphatic carbocycles. The lowest BCUT2D eigenvalue weighted by atomic mass is 9.82. The molecule has 0 aromatic carbocycles. The van der Waals surface area contributed by atoms with Gasteiger partial charge in [0.15, 0.2) is 0 Å². The molecule has 2 rings (SSSR count). The normalized spacial score (nSPS) is 22.3. The molecule has 0 radical (unpaired) electrons. The summed E-state index contributed by atoms with van der Waals surface area (Å²) in [5.41, 5.74) is -0.0959. The van der Waals surface area contributed by atoms with Gasteiger partial charge in [-0.05, 0) is 48.3 Å². The van der Waals surface area contributed by atoms with Crippen LogP contribution in [-0.4, -0.2) is 29.6 Å². The summed E-state index contributed by atoms with van der Waals surface area (Å²) in [5, 5.41) is 14.0. The van der Waals surface area contributed by atoms with Gasteiger partial charge in [-0.25, -0.2) is 4.98 Å². The Balaban J connectivity index is 2.00. The van der Waals surface area contributed by atoms with Gasteiger partial charge in [-0.1, -0.05) is 0 Å². The van der Waals surface area contributed by atoms with E-state index in [0.717, 1.165) is 19.4 Å². The number of hydrogen-bond acceptors (Lipinski definition) is 5. The molecule has 1 aliphatic rings. The van der Waals surface area contributed by atoms with Crippen LogP contribution >= 0.6 is 15.9 Å². The molecule has 0 unspecified atom stereocenters. The first-order valence-electron chi connectivity index (χ1n) is 5.71. The van der Waals surface area contributed by atoms with Gasteiger partial charge in [-0.15, -0.1) is 0 Å². The van der Waals surface area contributed by atoms with E-state index in [1.54, 1.807) is 0 Å². The van der Waals surface area contributed by atoms with Crippen molar-refractivity contribution in [1.29, 1.82) is 0 Å². The van der Waals surface area contributed by atoms with Crippen molar-refractivity contribution in [3.05, 3.63) is 26.9 Å². The highest BCUT2D eigenvalue weighted by Crippen LogP contribution is 2.34. The van der Waals surface area contributed by atoms with Crippen LogP contribution in [0.25, 0.3) is 0 Å². The quantitative estimate of drug-likeness (QED) is 0.665. The van der Waals surface area contributed by atoms with E-state index >= 15 is 0 Å². The molecule has 98 valence electrons. The summed E-state index contributed by atoms with van der Waals surface area (Å²) in [6, 6.07) is 1.41. The van der Waals surface area contributed by atoms with Gasteiger partial charge in [0, 0.05) is 16.7 Å². The first kappa shape index (κ1) is 13.2. The molecule has 0 atom stereocenters. The summed E-state index contributed by atoms with van der Waals surface area (Å²) in [6.07, 6.45) is 3.37. The van der Waals surface area contributed by atoms with Crippen LogP contribution < -0.4 is 10.1 Å². The molecule has 1 fully saturated rings. The van der Waals surface area contributed by atoms with E-state index in [9.17, 15) is 10.1 Å². The number of rotatable bonds is 5. The Bertz CT molecular complexity index is 449. The molecular formula is C11H14BrN3O3. The van der Waals surface area contributed by atoms with Crippen LogP contribution in [0.1, 0.15) is 12.8 Å². The van der Waals surface area contributed by atoms with Crippen molar-refractivity contribution in [3.8, 4) is 5.88 Å². The first-order chi connectivity index (χ1) is 8.60. The van der Waals surface area contributed by atoms with E-state index in [1.807, 2.05) is 7.05 Å².